The van der Waals surface area contributed by atoms with Crippen LogP contribution >= 0.6 is 31.9 Å². The molecule has 0 spiro atoms. The predicted molar refractivity (Wildman–Crippen MR) is 75.1 cm³/mol. The molecule has 0 aliphatic rings. The molecule has 5 heteroatoms. The summed E-state index contributed by atoms with van der Waals surface area (Å²) in [6.45, 7) is 3.58. The lowest BCUT2D eigenvalue weighted by Crippen LogP contribution is -2.34. The minimum absolute atomic E-state index is 0.0574. The van der Waals surface area contributed by atoms with E-state index < -0.39 is 6.10 Å². The fraction of sp³-hybridized carbons (Fsp3) is 0.417. The van der Waals surface area contributed by atoms with Crippen molar-refractivity contribution in [3.05, 3.63) is 32.7 Å². The molecule has 1 aromatic rings. The summed E-state index contributed by atoms with van der Waals surface area (Å²) in [4.78, 5) is 11.9. The number of hydrogen-bond donors (Lipinski definition) is 2. The van der Waals surface area contributed by atoms with Gasteiger partial charge in [0.1, 0.15) is 0 Å². The van der Waals surface area contributed by atoms with Crippen molar-refractivity contribution in [3.8, 4) is 0 Å². The molecule has 2 unspecified atom stereocenters. The Morgan fingerprint density at radius 3 is 2.59 bits per heavy atom. The summed E-state index contributed by atoms with van der Waals surface area (Å²) in [7, 11) is 0. The maximum absolute atomic E-state index is 11.9. The first-order valence-corrected chi connectivity index (χ1v) is 6.92. The number of aliphatic hydroxyl groups is 1. The Bertz CT molecular complexity index is 407. The molecule has 17 heavy (non-hydrogen) atoms. The second-order valence-electron chi connectivity index (χ2n) is 4.08. The van der Waals surface area contributed by atoms with Gasteiger partial charge in [0, 0.05) is 15.0 Å². The van der Waals surface area contributed by atoms with Gasteiger partial charge in [-0.25, -0.2) is 0 Å². The van der Waals surface area contributed by atoms with Gasteiger partial charge in [0.15, 0.2) is 0 Å². The van der Waals surface area contributed by atoms with Gasteiger partial charge in [-0.15, -0.1) is 0 Å². The number of hydrogen-bond acceptors (Lipinski definition) is 2. The van der Waals surface area contributed by atoms with Crippen LogP contribution in [0, 0.1) is 0 Å². The third-order valence-electron chi connectivity index (χ3n) is 2.25. The molecule has 0 aliphatic carbocycles. The Balaban J connectivity index is 2.70. The highest BCUT2D eigenvalue weighted by Crippen LogP contribution is 2.22. The standard InChI is InChI=1S/C12H15Br2NO2/c1-7(5-8(2)16)15-12(17)10-4-3-9(13)6-11(10)14/h3-4,6-8,16H,5H2,1-2H3,(H,15,17). The quantitative estimate of drug-likeness (QED) is 0.862. The van der Waals surface area contributed by atoms with Crippen LogP contribution in [0.3, 0.4) is 0 Å². The summed E-state index contributed by atoms with van der Waals surface area (Å²) >= 11 is 6.68. The molecule has 3 nitrogen and oxygen atoms in total. The van der Waals surface area contributed by atoms with E-state index >= 15 is 0 Å². The van der Waals surface area contributed by atoms with Crippen LogP contribution in [0.1, 0.15) is 30.6 Å². The number of nitrogens with one attached hydrogen (secondary N) is 1. The summed E-state index contributed by atoms with van der Waals surface area (Å²) in [5, 5.41) is 12.1. The van der Waals surface area contributed by atoms with Gasteiger partial charge in [0.05, 0.1) is 11.7 Å². The molecule has 0 saturated heterocycles. The smallest absolute Gasteiger partial charge is 0.252 e. The molecule has 1 aromatic carbocycles. The van der Waals surface area contributed by atoms with Crippen LogP contribution in [0.2, 0.25) is 0 Å². The van der Waals surface area contributed by atoms with Crippen molar-refractivity contribution in [3.63, 3.8) is 0 Å². The first-order chi connectivity index (χ1) is 7.90. The Kier molecular flexibility index (Phi) is 5.62. The zero-order valence-corrected chi connectivity index (χ0v) is 12.9. The lowest BCUT2D eigenvalue weighted by molar-refractivity contribution is 0.0922. The third-order valence-corrected chi connectivity index (χ3v) is 3.40. The van der Waals surface area contributed by atoms with E-state index in [-0.39, 0.29) is 11.9 Å². The highest BCUT2D eigenvalue weighted by Gasteiger charge is 2.14. The number of benzene rings is 1. The average Bonchev–Trinajstić information content (AvgIpc) is 2.15. The second kappa shape index (κ2) is 6.52. The summed E-state index contributed by atoms with van der Waals surface area (Å²) < 4.78 is 1.66. The first-order valence-electron chi connectivity index (χ1n) is 5.34. The van der Waals surface area contributed by atoms with Gasteiger partial charge in [-0.3, -0.25) is 4.79 Å². The Morgan fingerprint density at radius 1 is 1.41 bits per heavy atom. The minimum atomic E-state index is -0.418. The maximum atomic E-state index is 11.9. The van der Waals surface area contributed by atoms with E-state index in [1.807, 2.05) is 19.1 Å². The van der Waals surface area contributed by atoms with E-state index in [0.29, 0.717) is 12.0 Å². The van der Waals surface area contributed by atoms with Gasteiger partial charge in [0.25, 0.3) is 5.91 Å². The number of amides is 1. The number of halogens is 2. The summed E-state index contributed by atoms with van der Waals surface area (Å²) in [5.41, 5.74) is 0.589. The highest BCUT2D eigenvalue weighted by molar-refractivity contribution is 9.11. The molecule has 1 rings (SSSR count). The lowest BCUT2D eigenvalue weighted by atomic mass is 10.1. The lowest BCUT2D eigenvalue weighted by Gasteiger charge is -2.16. The van der Waals surface area contributed by atoms with Crippen LogP contribution in [0.15, 0.2) is 27.1 Å². The van der Waals surface area contributed by atoms with Crippen LogP contribution in [0.5, 0.6) is 0 Å². The summed E-state index contributed by atoms with van der Waals surface area (Å²) in [5.74, 6) is -0.141. The Labute approximate surface area is 118 Å². The molecule has 0 saturated carbocycles. The number of carbonyl (C=O) groups excluding carboxylic acids is 1. The van der Waals surface area contributed by atoms with Crippen LogP contribution in [-0.4, -0.2) is 23.2 Å². The molecule has 0 bridgehead atoms. The Morgan fingerprint density at radius 2 is 2.06 bits per heavy atom. The van der Waals surface area contributed by atoms with Gasteiger partial charge in [0.2, 0.25) is 0 Å². The van der Waals surface area contributed by atoms with Gasteiger partial charge in [-0.05, 0) is 54.4 Å². The van der Waals surface area contributed by atoms with Crippen LogP contribution in [0.25, 0.3) is 0 Å². The molecular weight excluding hydrogens is 350 g/mol. The largest absolute Gasteiger partial charge is 0.393 e. The zero-order chi connectivity index (χ0) is 13.0. The molecular formula is C12H15Br2NO2. The van der Waals surface area contributed by atoms with Gasteiger partial charge < -0.3 is 10.4 Å². The van der Waals surface area contributed by atoms with Crippen molar-refractivity contribution in [2.24, 2.45) is 0 Å². The molecule has 2 N–H and O–H groups in total. The topological polar surface area (TPSA) is 49.3 Å². The highest BCUT2D eigenvalue weighted by atomic mass is 79.9. The maximum Gasteiger partial charge on any atom is 0.252 e. The van der Waals surface area contributed by atoms with E-state index in [2.05, 4.69) is 37.2 Å². The van der Waals surface area contributed by atoms with E-state index in [1.54, 1.807) is 13.0 Å². The monoisotopic (exact) mass is 363 g/mol. The zero-order valence-electron chi connectivity index (χ0n) is 9.71. The molecule has 0 aliphatic heterocycles. The molecule has 0 heterocycles. The second-order valence-corrected chi connectivity index (χ2v) is 5.85. The van der Waals surface area contributed by atoms with Crippen molar-refractivity contribution in [1.29, 1.82) is 0 Å². The van der Waals surface area contributed by atoms with E-state index in [9.17, 15) is 9.90 Å². The van der Waals surface area contributed by atoms with Crippen molar-refractivity contribution in [1.82, 2.24) is 5.32 Å². The van der Waals surface area contributed by atoms with E-state index in [0.717, 1.165) is 8.95 Å². The third kappa shape index (κ3) is 4.77. The number of rotatable bonds is 4. The normalized spacial score (nSPS) is 14.2. The van der Waals surface area contributed by atoms with Gasteiger partial charge in [-0.2, -0.15) is 0 Å². The van der Waals surface area contributed by atoms with Crippen LogP contribution < -0.4 is 5.32 Å². The van der Waals surface area contributed by atoms with Crippen molar-refractivity contribution in [2.75, 3.05) is 0 Å². The summed E-state index contributed by atoms with van der Waals surface area (Å²) in [6, 6.07) is 5.34. The number of aliphatic hydroxyl groups excluding tert-OH is 1. The van der Waals surface area contributed by atoms with Crippen LogP contribution in [-0.2, 0) is 0 Å². The van der Waals surface area contributed by atoms with Crippen molar-refractivity contribution < 1.29 is 9.90 Å². The van der Waals surface area contributed by atoms with E-state index in [1.165, 1.54) is 0 Å². The first kappa shape index (κ1) is 14.7. The summed E-state index contributed by atoms with van der Waals surface area (Å²) in [6.07, 6.45) is 0.124. The minimum Gasteiger partial charge on any atom is -0.393 e. The SMILES string of the molecule is CC(O)CC(C)NC(=O)c1ccc(Br)cc1Br. The van der Waals surface area contributed by atoms with Gasteiger partial charge in [-0.1, -0.05) is 15.9 Å². The molecule has 0 radical (unpaired) electrons. The molecule has 0 aromatic heterocycles. The molecule has 2 atom stereocenters. The van der Waals surface area contributed by atoms with Crippen molar-refractivity contribution >= 4 is 37.8 Å². The number of carbonyl (C=O) groups is 1. The predicted octanol–water partition coefficient (Wildman–Crippen LogP) is 3.10. The average molecular weight is 365 g/mol. The van der Waals surface area contributed by atoms with E-state index in [4.69, 9.17) is 0 Å². The molecule has 0 fully saturated rings. The molecule has 94 valence electrons. The Hall–Kier alpha value is -0.390. The molecule has 1 amide bonds. The van der Waals surface area contributed by atoms with Crippen molar-refractivity contribution in [2.45, 2.75) is 32.4 Å². The fourth-order valence-electron chi connectivity index (χ4n) is 1.55. The van der Waals surface area contributed by atoms with Gasteiger partial charge >= 0.3 is 0 Å². The van der Waals surface area contributed by atoms with Crippen LogP contribution in [0.4, 0.5) is 0 Å². The fourth-order valence-corrected chi connectivity index (χ4v) is 2.77.